The van der Waals surface area contributed by atoms with Gasteiger partial charge in [-0.2, -0.15) is 0 Å². The van der Waals surface area contributed by atoms with Crippen LogP contribution in [-0.2, 0) is 0 Å². The van der Waals surface area contributed by atoms with Gasteiger partial charge in [0.2, 0.25) is 0 Å². The molecule has 1 heterocycles. The third-order valence-corrected chi connectivity index (χ3v) is 1.96. The van der Waals surface area contributed by atoms with Gasteiger partial charge in [-0.15, -0.1) is 0 Å². The van der Waals surface area contributed by atoms with E-state index in [0.717, 1.165) is 0 Å². The molecule has 3 nitrogen and oxygen atoms in total. The van der Waals surface area contributed by atoms with E-state index in [0.29, 0.717) is 5.17 Å². The molecule has 0 aromatic heterocycles. The Hall–Kier alpha value is -0.220. The summed E-state index contributed by atoms with van der Waals surface area (Å²) >= 11 is 1.49. The molecular formula is C4H9N3S. The van der Waals surface area contributed by atoms with Gasteiger partial charge in [0, 0.05) is 7.05 Å². The normalized spacial score (nSPS) is 30.8. The fourth-order valence-corrected chi connectivity index (χ4v) is 1.21. The molecule has 8 heavy (non-hydrogen) atoms. The first-order valence-electron chi connectivity index (χ1n) is 2.44. The summed E-state index contributed by atoms with van der Waals surface area (Å²) in [5, 5.41) is 0.667. The second-order valence-electron chi connectivity index (χ2n) is 1.74. The summed E-state index contributed by atoms with van der Waals surface area (Å²) in [7, 11) is 1.97. The summed E-state index contributed by atoms with van der Waals surface area (Å²) in [4.78, 5) is 4.05. The van der Waals surface area contributed by atoms with Gasteiger partial charge in [-0.3, -0.25) is 0 Å². The Morgan fingerprint density at radius 3 is 2.62 bits per heavy atom. The lowest BCUT2D eigenvalue weighted by Crippen LogP contribution is -2.14. The zero-order valence-corrected chi connectivity index (χ0v) is 5.77. The maximum atomic E-state index is 5.39. The maximum Gasteiger partial charge on any atom is 0.171 e. The first-order chi connectivity index (χ1) is 3.70. The lowest BCUT2D eigenvalue weighted by atomic mass is 10.6. The second-order valence-corrected chi connectivity index (χ2v) is 2.91. The summed E-state index contributed by atoms with van der Waals surface area (Å²) in [5.74, 6) is 0. The Morgan fingerprint density at radius 1 is 1.88 bits per heavy atom. The number of nitrogens with zero attached hydrogens (tertiary/aromatic N) is 2. The Morgan fingerprint density at radius 2 is 2.50 bits per heavy atom. The minimum atomic E-state index is 0.250. The van der Waals surface area contributed by atoms with Crippen molar-refractivity contribution in [3.63, 3.8) is 0 Å². The molecule has 0 amide bonds. The first kappa shape index (κ1) is 5.91. The van der Waals surface area contributed by atoms with Crippen molar-refractivity contribution >= 4 is 17.1 Å². The predicted molar refractivity (Wildman–Crippen MR) is 36.4 cm³/mol. The van der Waals surface area contributed by atoms with E-state index < -0.39 is 0 Å². The van der Waals surface area contributed by atoms with Crippen LogP contribution in [0.4, 0.5) is 0 Å². The van der Waals surface area contributed by atoms with Gasteiger partial charge < -0.3 is 5.73 Å². The average Bonchev–Trinajstić information content (AvgIpc) is 1.85. The molecule has 46 valence electrons. The summed E-state index contributed by atoms with van der Waals surface area (Å²) in [5.41, 5.74) is 5.39. The SMILES string of the molecule is CC1N=C(N)SN1C. The maximum absolute atomic E-state index is 5.39. The molecule has 0 aromatic carbocycles. The molecule has 2 N–H and O–H groups in total. The summed E-state index contributed by atoms with van der Waals surface area (Å²) < 4.78 is 2.01. The number of hydrogen-bond donors (Lipinski definition) is 1. The van der Waals surface area contributed by atoms with Crippen LogP contribution in [0.1, 0.15) is 6.92 Å². The third kappa shape index (κ3) is 0.952. The van der Waals surface area contributed by atoms with E-state index in [1.54, 1.807) is 0 Å². The number of nitrogens with two attached hydrogens (primary N) is 1. The van der Waals surface area contributed by atoms with Crippen molar-refractivity contribution in [3.05, 3.63) is 0 Å². The fourth-order valence-electron chi connectivity index (χ4n) is 0.513. The van der Waals surface area contributed by atoms with E-state index in [2.05, 4.69) is 4.99 Å². The standard InChI is InChI=1S/C4H9N3S/c1-3-6-4(5)8-7(3)2/h3H,1-2H3,(H2,5,6). The van der Waals surface area contributed by atoms with Crippen LogP contribution in [0.25, 0.3) is 0 Å². The number of rotatable bonds is 0. The van der Waals surface area contributed by atoms with E-state index in [1.165, 1.54) is 11.9 Å². The zero-order valence-electron chi connectivity index (χ0n) is 4.96. The summed E-state index contributed by atoms with van der Waals surface area (Å²) in [6.45, 7) is 2.01. The van der Waals surface area contributed by atoms with E-state index in [-0.39, 0.29) is 6.17 Å². The molecule has 0 saturated carbocycles. The van der Waals surface area contributed by atoms with E-state index >= 15 is 0 Å². The quantitative estimate of drug-likeness (QED) is 0.479. The van der Waals surface area contributed by atoms with Gasteiger partial charge >= 0.3 is 0 Å². The molecule has 1 rings (SSSR count). The van der Waals surface area contributed by atoms with Crippen LogP contribution < -0.4 is 5.73 Å². The van der Waals surface area contributed by atoms with Gasteiger partial charge in [0.1, 0.15) is 6.17 Å². The third-order valence-electron chi connectivity index (χ3n) is 1.08. The highest BCUT2D eigenvalue weighted by Gasteiger charge is 2.16. The monoisotopic (exact) mass is 131 g/mol. The molecule has 1 atom stereocenters. The van der Waals surface area contributed by atoms with Gasteiger partial charge in [0.15, 0.2) is 5.17 Å². The van der Waals surface area contributed by atoms with Crippen LogP contribution in [-0.4, -0.2) is 22.7 Å². The minimum Gasteiger partial charge on any atom is -0.377 e. The molecule has 1 unspecified atom stereocenters. The molecule has 1 aliphatic rings. The molecule has 1 aliphatic heterocycles. The smallest absolute Gasteiger partial charge is 0.171 e. The van der Waals surface area contributed by atoms with E-state index in [9.17, 15) is 0 Å². The van der Waals surface area contributed by atoms with Crippen LogP contribution in [0.2, 0.25) is 0 Å². The molecule has 0 spiro atoms. The van der Waals surface area contributed by atoms with Gasteiger partial charge in [-0.1, -0.05) is 0 Å². The van der Waals surface area contributed by atoms with Crippen LogP contribution in [0, 0.1) is 0 Å². The average molecular weight is 131 g/mol. The summed E-state index contributed by atoms with van der Waals surface area (Å²) in [6.07, 6.45) is 0.250. The largest absolute Gasteiger partial charge is 0.377 e. The predicted octanol–water partition coefficient (Wildman–Crippen LogP) is 0.241. The van der Waals surface area contributed by atoms with Crippen LogP contribution >= 0.6 is 11.9 Å². The fraction of sp³-hybridized carbons (Fsp3) is 0.750. The van der Waals surface area contributed by atoms with Crippen LogP contribution in [0.3, 0.4) is 0 Å². The van der Waals surface area contributed by atoms with Crippen molar-refractivity contribution in [2.45, 2.75) is 13.1 Å². The van der Waals surface area contributed by atoms with Gasteiger partial charge in [0.05, 0.1) is 0 Å². The Bertz CT molecular complexity index is 122. The Balaban J connectivity index is 2.56. The van der Waals surface area contributed by atoms with Crippen LogP contribution in [0.5, 0.6) is 0 Å². The number of hydrogen-bond acceptors (Lipinski definition) is 4. The highest BCUT2D eigenvalue weighted by molar-refractivity contribution is 8.12. The Labute approximate surface area is 53.1 Å². The van der Waals surface area contributed by atoms with Gasteiger partial charge in [-0.25, -0.2) is 9.30 Å². The molecular weight excluding hydrogens is 122 g/mol. The van der Waals surface area contributed by atoms with E-state index in [1.807, 2.05) is 18.3 Å². The van der Waals surface area contributed by atoms with Crippen molar-refractivity contribution in [2.75, 3.05) is 7.05 Å². The Kier molecular flexibility index (Phi) is 1.44. The molecule has 0 radical (unpaired) electrons. The van der Waals surface area contributed by atoms with E-state index in [4.69, 9.17) is 5.73 Å². The van der Waals surface area contributed by atoms with Crippen LogP contribution in [0.15, 0.2) is 4.99 Å². The van der Waals surface area contributed by atoms with Crippen molar-refractivity contribution in [3.8, 4) is 0 Å². The van der Waals surface area contributed by atoms with Crippen molar-refractivity contribution in [1.29, 1.82) is 0 Å². The molecule has 0 bridgehead atoms. The number of amidine groups is 1. The van der Waals surface area contributed by atoms with Crippen molar-refractivity contribution < 1.29 is 0 Å². The molecule has 0 aromatic rings. The molecule has 0 fully saturated rings. The molecule has 4 heteroatoms. The number of aliphatic imine (C=N–C) groups is 1. The lowest BCUT2D eigenvalue weighted by molar-refractivity contribution is 0.466. The molecule has 0 aliphatic carbocycles. The van der Waals surface area contributed by atoms with Crippen molar-refractivity contribution in [2.24, 2.45) is 10.7 Å². The molecule has 0 saturated heterocycles. The highest BCUT2D eigenvalue weighted by Crippen LogP contribution is 2.18. The lowest BCUT2D eigenvalue weighted by Gasteiger charge is -2.08. The minimum absolute atomic E-state index is 0.250. The summed E-state index contributed by atoms with van der Waals surface area (Å²) in [6, 6.07) is 0. The first-order valence-corrected chi connectivity index (χ1v) is 3.21. The zero-order chi connectivity index (χ0) is 6.15. The van der Waals surface area contributed by atoms with Crippen molar-refractivity contribution in [1.82, 2.24) is 4.31 Å². The van der Waals surface area contributed by atoms with Gasteiger partial charge in [-0.05, 0) is 18.9 Å². The highest BCUT2D eigenvalue weighted by atomic mass is 32.2. The second kappa shape index (κ2) is 1.95. The topological polar surface area (TPSA) is 41.6 Å². The van der Waals surface area contributed by atoms with Gasteiger partial charge in [0.25, 0.3) is 0 Å².